The number of Topliss-reactive ketones (excluding diaryl/α,β-unsaturated/α-hetero) is 1. The number of esters is 1. The SMILES string of the molecule is CC(C)(C)OC(=O)C(C)(C)NC(=O)N[C@H](C(=O)N1C[C@H]2[C@@H]([C@H]1C(=O)NC(CC1CC1)C(=O)C(N)=O)C2(Cl)Cl)C(C)(C)C. The summed E-state index contributed by atoms with van der Waals surface area (Å²) in [4.78, 5) is 78.8. The van der Waals surface area contributed by atoms with Crippen molar-refractivity contribution in [3.05, 3.63) is 0 Å². The number of carbonyl (C=O) groups excluding carboxylic acids is 6. The predicted molar refractivity (Wildman–Crippen MR) is 155 cm³/mol. The van der Waals surface area contributed by atoms with E-state index in [2.05, 4.69) is 16.0 Å². The summed E-state index contributed by atoms with van der Waals surface area (Å²) in [7, 11) is 0. The number of primary amides is 1. The second kappa shape index (κ2) is 11.5. The number of carbonyl (C=O) groups is 6. The predicted octanol–water partition coefficient (Wildman–Crippen LogP) is 1.79. The highest BCUT2D eigenvalue weighted by molar-refractivity contribution is 6.51. The lowest BCUT2D eigenvalue weighted by Gasteiger charge is -2.38. The molecule has 3 fully saturated rings. The van der Waals surface area contributed by atoms with E-state index in [1.54, 1.807) is 41.5 Å². The van der Waals surface area contributed by atoms with Gasteiger partial charge in [-0.2, -0.15) is 0 Å². The average Bonchev–Trinajstić information content (AvgIpc) is 3.66. The van der Waals surface area contributed by atoms with Crippen molar-refractivity contribution in [3.8, 4) is 0 Å². The smallest absolute Gasteiger partial charge is 0.331 e. The van der Waals surface area contributed by atoms with Gasteiger partial charge in [0.1, 0.15) is 27.6 Å². The maximum Gasteiger partial charge on any atom is 0.331 e. The lowest BCUT2D eigenvalue weighted by Crippen LogP contribution is -2.63. The molecule has 12 nitrogen and oxygen atoms in total. The number of nitrogens with two attached hydrogens (primary N) is 1. The molecule has 0 spiro atoms. The fraction of sp³-hybridized carbons (Fsp3) is 0.786. The quantitative estimate of drug-likeness (QED) is 0.161. The maximum absolute atomic E-state index is 14.0. The van der Waals surface area contributed by atoms with Gasteiger partial charge in [-0.05, 0) is 52.4 Å². The number of fused-ring (bicyclic) bond motifs is 1. The zero-order valence-electron chi connectivity index (χ0n) is 25.4. The molecule has 2 saturated carbocycles. The Morgan fingerprint density at radius 2 is 1.55 bits per heavy atom. The number of nitrogens with one attached hydrogen (secondary N) is 3. The molecule has 14 heteroatoms. The Kier molecular flexibility index (Phi) is 9.27. The Bertz CT molecular complexity index is 1160. The normalized spacial score (nSPS) is 24.5. The molecule has 0 aromatic heterocycles. The summed E-state index contributed by atoms with van der Waals surface area (Å²) in [6, 6.07) is -4.19. The van der Waals surface area contributed by atoms with E-state index in [1.807, 2.05) is 0 Å². The van der Waals surface area contributed by atoms with Crippen LogP contribution in [0, 0.1) is 23.2 Å². The lowest BCUT2D eigenvalue weighted by atomic mass is 9.85. The average molecular weight is 633 g/mol. The van der Waals surface area contributed by atoms with Crippen LogP contribution in [-0.2, 0) is 28.7 Å². The molecule has 236 valence electrons. The minimum Gasteiger partial charge on any atom is -0.458 e. The Hall–Kier alpha value is -2.60. The van der Waals surface area contributed by atoms with E-state index >= 15 is 0 Å². The molecule has 3 aliphatic rings. The number of amides is 5. The van der Waals surface area contributed by atoms with Gasteiger partial charge in [0, 0.05) is 18.4 Å². The van der Waals surface area contributed by atoms with Crippen LogP contribution >= 0.6 is 23.2 Å². The first-order chi connectivity index (χ1) is 19.0. The van der Waals surface area contributed by atoms with Crippen LogP contribution in [0.2, 0.25) is 0 Å². The van der Waals surface area contributed by atoms with E-state index in [0.29, 0.717) is 0 Å². The summed E-state index contributed by atoms with van der Waals surface area (Å²) in [5, 5.41) is 7.85. The summed E-state index contributed by atoms with van der Waals surface area (Å²) in [6.07, 6.45) is 2.00. The van der Waals surface area contributed by atoms with Crippen molar-refractivity contribution in [1.29, 1.82) is 0 Å². The number of ether oxygens (including phenoxy) is 1. The van der Waals surface area contributed by atoms with Crippen LogP contribution in [0.5, 0.6) is 0 Å². The Labute approximate surface area is 256 Å². The van der Waals surface area contributed by atoms with Gasteiger partial charge in [0.05, 0.1) is 6.04 Å². The van der Waals surface area contributed by atoms with Crippen LogP contribution < -0.4 is 21.7 Å². The summed E-state index contributed by atoms with van der Waals surface area (Å²) in [5.74, 6) is -4.82. The van der Waals surface area contributed by atoms with E-state index in [0.717, 1.165) is 12.8 Å². The van der Waals surface area contributed by atoms with Crippen LogP contribution in [-0.4, -0.2) is 80.5 Å². The zero-order valence-corrected chi connectivity index (χ0v) is 26.9. The standard InChI is InChI=1S/C28H43Cl2N5O7/c1-25(2,3)19(33-24(41)34-27(7,8)23(40)42-26(4,5)6)22(39)35-12-14-16(28(14,29)30)17(35)21(38)32-15(11-13-9-10-13)18(36)20(31)37/h13-17,19H,9-12H2,1-8H3,(H2,31,37)(H,32,38)(H2,33,34,41)/t14-,15?,16-,17-,19+/m0/s1. The highest BCUT2D eigenvalue weighted by Crippen LogP contribution is 2.65. The van der Waals surface area contributed by atoms with Crippen molar-refractivity contribution in [1.82, 2.24) is 20.9 Å². The number of halogens is 2. The van der Waals surface area contributed by atoms with Crippen molar-refractivity contribution >= 4 is 58.7 Å². The first kappa shape index (κ1) is 33.9. The van der Waals surface area contributed by atoms with E-state index in [1.165, 1.54) is 18.7 Å². The molecule has 0 aromatic carbocycles. The lowest BCUT2D eigenvalue weighted by molar-refractivity contribution is -0.161. The van der Waals surface area contributed by atoms with Crippen molar-refractivity contribution in [2.45, 2.75) is 108 Å². The number of hydrogen-bond donors (Lipinski definition) is 4. The largest absolute Gasteiger partial charge is 0.458 e. The summed E-state index contributed by atoms with van der Waals surface area (Å²) < 4.78 is 4.14. The van der Waals surface area contributed by atoms with Gasteiger partial charge in [-0.15, -0.1) is 23.2 Å². The number of nitrogens with zero attached hydrogens (tertiary/aromatic N) is 1. The number of urea groups is 1. The van der Waals surface area contributed by atoms with Crippen molar-refractivity contribution < 1.29 is 33.5 Å². The molecule has 2 aliphatic carbocycles. The molecular formula is C28H43Cl2N5O7. The van der Waals surface area contributed by atoms with Crippen LogP contribution in [0.4, 0.5) is 4.79 Å². The Balaban J connectivity index is 1.80. The second-order valence-electron chi connectivity index (χ2n) is 14.2. The third kappa shape index (κ3) is 7.67. The van der Waals surface area contributed by atoms with Gasteiger partial charge in [-0.25, -0.2) is 9.59 Å². The monoisotopic (exact) mass is 631 g/mol. The first-order valence-corrected chi connectivity index (χ1v) is 14.9. The molecule has 3 rings (SSSR count). The molecule has 1 unspecified atom stereocenters. The fourth-order valence-corrected chi connectivity index (χ4v) is 6.03. The number of ketones is 1. The van der Waals surface area contributed by atoms with Crippen molar-refractivity contribution in [2.75, 3.05) is 6.54 Å². The first-order valence-electron chi connectivity index (χ1n) is 14.1. The number of likely N-dealkylation sites (tertiary alicyclic amines) is 1. The van der Waals surface area contributed by atoms with Gasteiger partial charge >= 0.3 is 12.0 Å². The number of alkyl halides is 2. The molecule has 1 aliphatic heterocycles. The maximum atomic E-state index is 14.0. The van der Waals surface area contributed by atoms with Crippen LogP contribution in [0.25, 0.3) is 0 Å². The topological polar surface area (TPSA) is 177 Å². The molecule has 5 N–H and O–H groups in total. The van der Waals surface area contributed by atoms with Gasteiger partial charge in [-0.1, -0.05) is 33.6 Å². The Morgan fingerprint density at radius 1 is 0.976 bits per heavy atom. The van der Waals surface area contributed by atoms with Gasteiger partial charge < -0.3 is 31.3 Å². The number of hydrogen-bond acceptors (Lipinski definition) is 7. The van der Waals surface area contributed by atoms with Crippen LogP contribution in [0.3, 0.4) is 0 Å². The van der Waals surface area contributed by atoms with Crippen LogP contribution in [0.15, 0.2) is 0 Å². The number of piperidine rings is 1. The Morgan fingerprint density at radius 3 is 2.02 bits per heavy atom. The van der Waals surface area contributed by atoms with Gasteiger partial charge in [0.2, 0.25) is 17.6 Å². The van der Waals surface area contributed by atoms with E-state index < -0.39 is 86.4 Å². The van der Waals surface area contributed by atoms with E-state index in [-0.39, 0.29) is 18.9 Å². The second-order valence-corrected chi connectivity index (χ2v) is 15.7. The summed E-state index contributed by atoms with van der Waals surface area (Å²) >= 11 is 12.9. The minimum atomic E-state index is -1.42. The molecule has 1 saturated heterocycles. The van der Waals surface area contributed by atoms with Crippen LogP contribution in [0.1, 0.15) is 74.7 Å². The molecule has 42 heavy (non-hydrogen) atoms. The van der Waals surface area contributed by atoms with Gasteiger partial charge in [-0.3, -0.25) is 19.2 Å². The molecule has 5 atom stereocenters. The molecule has 1 heterocycles. The molecule has 5 amide bonds. The van der Waals surface area contributed by atoms with Gasteiger partial charge in [0.25, 0.3) is 5.91 Å². The van der Waals surface area contributed by atoms with Crippen molar-refractivity contribution in [2.24, 2.45) is 28.9 Å². The van der Waals surface area contributed by atoms with Gasteiger partial charge in [0.15, 0.2) is 0 Å². The minimum absolute atomic E-state index is 0.0466. The number of rotatable bonds is 10. The molecule has 0 aromatic rings. The third-order valence-electron chi connectivity index (χ3n) is 7.75. The molecule has 0 bridgehead atoms. The highest BCUT2D eigenvalue weighted by atomic mass is 35.5. The fourth-order valence-electron chi connectivity index (χ4n) is 5.20. The summed E-state index contributed by atoms with van der Waals surface area (Å²) in [6.45, 7) is 13.3. The van der Waals surface area contributed by atoms with E-state index in [4.69, 9.17) is 33.7 Å². The highest BCUT2D eigenvalue weighted by Gasteiger charge is 2.74. The molecule has 0 radical (unpaired) electrons. The van der Waals surface area contributed by atoms with E-state index in [9.17, 15) is 28.8 Å². The molecular weight excluding hydrogens is 589 g/mol. The summed E-state index contributed by atoms with van der Waals surface area (Å²) in [5.41, 5.74) is 2.20. The van der Waals surface area contributed by atoms with Crippen molar-refractivity contribution in [3.63, 3.8) is 0 Å². The zero-order chi connectivity index (χ0) is 32.2. The third-order valence-corrected chi connectivity index (χ3v) is 8.81.